The summed E-state index contributed by atoms with van der Waals surface area (Å²) in [5.74, 6) is 2.56. The smallest absolute Gasteiger partial charge is 0.302 e. The van der Waals surface area contributed by atoms with Crippen LogP contribution in [0.1, 0.15) is 108 Å². The van der Waals surface area contributed by atoms with Crippen LogP contribution in [0, 0.1) is 23.2 Å². The zero-order valence-electron chi connectivity index (χ0n) is 22.9. The number of aromatic hydroxyl groups is 1. The summed E-state index contributed by atoms with van der Waals surface area (Å²) >= 11 is 0. The minimum absolute atomic E-state index is 0.0423. The largest absolute Gasteiger partial charge is 0.508 e. The molecule has 0 spiro atoms. The van der Waals surface area contributed by atoms with Gasteiger partial charge in [-0.05, 0) is 91.9 Å². The molecule has 0 unspecified atom stereocenters. The van der Waals surface area contributed by atoms with E-state index in [1.807, 2.05) is 12.1 Å². The number of hydrogen-bond donors (Lipinski definition) is 1. The molecule has 1 aromatic rings. The molecule has 6 atom stereocenters. The lowest BCUT2D eigenvalue weighted by molar-refractivity contribution is -0.155. The SMILES string of the molecule is CC(=O)O[C@H]1CC[C@H]2[C@@H]3[C@H](CCCCCCCCCOS(C)(=O)=O)Cc4cc(O)ccc4[C@H]3CC[C@]12C. The topological polar surface area (TPSA) is 89.9 Å². The minimum atomic E-state index is -3.32. The van der Waals surface area contributed by atoms with Gasteiger partial charge in [0.15, 0.2) is 0 Å². The van der Waals surface area contributed by atoms with Crippen LogP contribution in [-0.4, -0.2) is 38.5 Å². The number of esters is 1. The molecule has 4 rings (SSSR count). The molecule has 0 amide bonds. The summed E-state index contributed by atoms with van der Waals surface area (Å²) < 4.78 is 32.7. The molecule has 0 radical (unpaired) electrons. The summed E-state index contributed by atoms with van der Waals surface area (Å²) in [4.78, 5) is 11.8. The molecular weight excluding hydrogens is 488 g/mol. The summed E-state index contributed by atoms with van der Waals surface area (Å²) in [5, 5.41) is 10.2. The molecule has 37 heavy (non-hydrogen) atoms. The molecule has 6 nitrogen and oxygen atoms in total. The monoisotopic (exact) mass is 534 g/mol. The average molecular weight is 535 g/mol. The molecule has 0 aliphatic heterocycles. The number of ether oxygens (including phenoxy) is 1. The van der Waals surface area contributed by atoms with Gasteiger partial charge in [-0.25, -0.2) is 0 Å². The Bertz CT molecular complexity index is 1040. The standard InChI is InChI=1S/C30H46O6S/c1-21(31)36-28-15-14-27-29-22(11-9-7-5-4-6-8-10-18-35-37(3,33)34)19-23-20-24(32)12-13-25(23)26(29)16-17-30(27,28)2/h12-13,20,22,26-29,32H,4-11,14-19H2,1-3H3/t22-,26-,27+,28+,29-,30+/m1/s1. The van der Waals surface area contributed by atoms with Gasteiger partial charge in [-0.2, -0.15) is 8.42 Å². The van der Waals surface area contributed by atoms with Gasteiger partial charge in [0.25, 0.3) is 10.1 Å². The highest BCUT2D eigenvalue weighted by Crippen LogP contribution is 2.63. The van der Waals surface area contributed by atoms with Crippen LogP contribution in [0.25, 0.3) is 0 Å². The lowest BCUT2D eigenvalue weighted by Crippen LogP contribution is -2.48. The Kier molecular flexibility index (Phi) is 9.26. The molecular formula is C30H46O6S. The number of hydrogen-bond acceptors (Lipinski definition) is 6. The third-order valence-electron chi connectivity index (χ3n) is 9.62. The van der Waals surface area contributed by atoms with Crippen LogP contribution < -0.4 is 0 Å². The lowest BCUT2D eigenvalue weighted by atomic mass is 9.52. The van der Waals surface area contributed by atoms with Crippen molar-refractivity contribution in [2.45, 2.75) is 109 Å². The fraction of sp³-hybridized carbons (Fsp3) is 0.767. The van der Waals surface area contributed by atoms with Crippen molar-refractivity contribution in [2.24, 2.45) is 23.2 Å². The van der Waals surface area contributed by atoms with E-state index < -0.39 is 10.1 Å². The zero-order valence-corrected chi connectivity index (χ0v) is 23.7. The molecule has 208 valence electrons. The van der Waals surface area contributed by atoms with E-state index in [1.54, 1.807) is 0 Å². The van der Waals surface area contributed by atoms with Crippen molar-refractivity contribution in [3.05, 3.63) is 29.3 Å². The molecule has 0 aromatic heterocycles. The Labute approximate surface area is 223 Å². The number of carbonyl (C=O) groups is 1. The maximum Gasteiger partial charge on any atom is 0.302 e. The zero-order chi connectivity index (χ0) is 26.6. The summed E-state index contributed by atoms with van der Waals surface area (Å²) in [6.07, 6.45) is 15.5. The van der Waals surface area contributed by atoms with Crippen LogP contribution in [0.3, 0.4) is 0 Å². The maximum absolute atomic E-state index is 11.8. The van der Waals surface area contributed by atoms with E-state index in [2.05, 4.69) is 13.0 Å². The Morgan fingerprint density at radius 2 is 1.76 bits per heavy atom. The minimum Gasteiger partial charge on any atom is -0.508 e. The second-order valence-corrected chi connectivity index (χ2v) is 13.8. The summed E-state index contributed by atoms with van der Waals surface area (Å²) in [6, 6.07) is 6.02. The van der Waals surface area contributed by atoms with Crippen molar-refractivity contribution in [1.29, 1.82) is 0 Å². The molecule has 2 saturated carbocycles. The molecule has 1 aromatic carbocycles. The molecule has 0 heterocycles. The fourth-order valence-electron chi connectivity index (χ4n) is 8.01. The van der Waals surface area contributed by atoms with E-state index in [-0.39, 0.29) is 17.5 Å². The highest BCUT2D eigenvalue weighted by molar-refractivity contribution is 7.85. The lowest BCUT2D eigenvalue weighted by Gasteiger charge is -2.53. The van der Waals surface area contributed by atoms with Crippen LogP contribution in [0.4, 0.5) is 0 Å². The van der Waals surface area contributed by atoms with Gasteiger partial charge in [0.1, 0.15) is 11.9 Å². The third kappa shape index (κ3) is 6.89. The van der Waals surface area contributed by atoms with Crippen molar-refractivity contribution < 1.29 is 27.2 Å². The summed E-state index contributed by atoms with van der Waals surface area (Å²) in [7, 11) is -3.32. The van der Waals surface area contributed by atoms with Crippen LogP contribution >= 0.6 is 0 Å². The van der Waals surface area contributed by atoms with E-state index in [0.717, 1.165) is 57.6 Å². The normalized spacial score (nSPS) is 30.8. The molecule has 7 heteroatoms. The van der Waals surface area contributed by atoms with Crippen molar-refractivity contribution in [1.82, 2.24) is 0 Å². The first kappa shape index (κ1) is 28.4. The van der Waals surface area contributed by atoms with E-state index in [9.17, 15) is 18.3 Å². The predicted molar refractivity (Wildman–Crippen MR) is 145 cm³/mol. The fourth-order valence-corrected chi connectivity index (χ4v) is 8.43. The second kappa shape index (κ2) is 12.1. The first-order valence-corrected chi connectivity index (χ1v) is 16.2. The van der Waals surface area contributed by atoms with Crippen molar-refractivity contribution in [3.63, 3.8) is 0 Å². The second-order valence-electron chi connectivity index (χ2n) is 12.1. The van der Waals surface area contributed by atoms with E-state index in [0.29, 0.717) is 36.0 Å². The number of rotatable bonds is 12. The molecule has 0 bridgehead atoms. The molecule has 1 N–H and O–H groups in total. The van der Waals surface area contributed by atoms with Crippen molar-refractivity contribution >= 4 is 16.1 Å². The van der Waals surface area contributed by atoms with Gasteiger partial charge >= 0.3 is 5.97 Å². The molecule has 2 fully saturated rings. The van der Waals surface area contributed by atoms with E-state index >= 15 is 0 Å². The Morgan fingerprint density at radius 3 is 2.46 bits per heavy atom. The van der Waals surface area contributed by atoms with Gasteiger partial charge in [-0.15, -0.1) is 0 Å². The van der Waals surface area contributed by atoms with Crippen LogP contribution in [0.5, 0.6) is 5.75 Å². The van der Waals surface area contributed by atoms with Crippen LogP contribution in [0.2, 0.25) is 0 Å². The number of phenolic OH excluding ortho intramolecular Hbond substituents is 1. The molecule has 0 saturated heterocycles. The Balaban J connectivity index is 1.33. The van der Waals surface area contributed by atoms with Crippen molar-refractivity contribution in [2.75, 3.05) is 12.9 Å². The average Bonchev–Trinajstić information content (AvgIpc) is 3.14. The number of benzene rings is 1. The van der Waals surface area contributed by atoms with Gasteiger partial charge < -0.3 is 9.84 Å². The van der Waals surface area contributed by atoms with E-state index in [4.69, 9.17) is 8.92 Å². The highest BCUT2D eigenvalue weighted by Gasteiger charge is 2.57. The maximum atomic E-state index is 11.8. The predicted octanol–water partition coefficient (Wildman–Crippen LogP) is 6.50. The Morgan fingerprint density at radius 1 is 1.05 bits per heavy atom. The van der Waals surface area contributed by atoms with Crippen LogP contribution in [-0.2, 0) is 30.3 Å². The quantitative estimate of drug-likeness (QED) is 0.187. The van der Waals surface area contributed by atoms with Gasteiger partial charge in [0.05, 0.1) is 12.9 Å². The number of carbonyl (C=O) groups excluding carboxylic acids is 1. The van der Waals surface area contributed by atoms with Gasteiger partial charge in [-0.1, -0.05) is 51.5 Å². The third-order valence-corrected chi connectivity index (χ3v) is 10.2. The van der Waals surface area contributed by atoms with Crippen LogP contribution in [0.15, 0.2) is 18.2 Å². The van der Waals surface area contributed by atoms with Gasteiger partial charge in [0, 0.05) is 12.3 Å². The Hall–Kier alpha value is -1.60. The molecule has 3 aliphatic carbocycles. The summed E-state index contributed by atoms with van der Waals surface area (Å²) in [5.41, 5.74) is 2.85. The number of phenols is 1. The highest BCUT2D eigenvalue weighted by atomic mass is 32.2. The number of fused-ring (bicyclic) bond motifs is 5. The first-order valence-electron chi connectivity index (χ1n) is 14.4. The summed E-state index contributed by atoms with van der Waals surface area (Å²) in [6.45, 7) is 4.20. The van der Waals surface area contributed by atoms with Gasteiger partial charge in [0.2, 0.25) is 0 Å². The first-order chi connectivity index (χ1) is 17.6. The van der Waals surface area contributed by atoms with Gasteiger partial charge in [-0.3, -0.25) is 8.98 Å². The number of unbranched alkanes of at least 4 members (excludes halogenated alkanes) is 6. The van der Waals surface area contributed by atoms with Crippen molar-refractivity contribution in [3.8, 4) is 5.75 Å². The molecule has 3 aliphatic rings. The van der Waals surface area contributed by atoms with E-state index in [1.165, 1.54) is 50.2 Å².